The SMILES string of the molecule is CC(C)CN(CC(=O)Nc1cc(C(C)(C)C)nn1-c1ccccc1)C(=O)C1CCC1. The number of nitrogens with one attached hydrogen (secondary N) is 1. The van der Waals surface area contributed by atoms with Crippen LogP contribution in [-0.4, -0.2) is 39.6 Å². The van der Waals surface area contributed by atoms with Gasteiger partial charge in [0.05, 0.1) is 17.9 Å². The summed E-state index contributed by atoms with van der Waals surface area (Å²) >= 11 is 0. The fraction of sp³-hybridized carbons (Fsp3) is 0.542. The van der Waals surface area contributed by atoms with Crippen LogP contribution in [-0.2, 0) is 15.0 Å². The third-order valence-corrected chi connectivity index (χ3v) is 5.43. The average Bonchev–Trinajstić information content (AvgIpc) is 3.04. The maximum absolute atomic E-state index is 12.9. The van der Waals surface area contributed by atoms with Gasteiger partial charge in [0, 0.05) is 23.9 Å². The fourth-order valence-electron chi connectivity index (χ4n) is 3.55. The highest BCUT2D eigenvalue weighted by atomic mass is 16.2. The minimum absolute atomic E-state index is 0.0678. The molecule has 1 heterocycles. The zero-order valence-corrected chi connectivity index (χ0v) is 18.8. The van der Waals surface area contributed by atoms with Crippen LogP contribution in [0, 0.1) is 11.8 Å². The van der Waals surface area contributed by atoms with Gasteiger partial charge >= 0.3 is 0 Å². The van der Waals surface area contributed by atoms with Crippen molar-refractivity contribution in [2.45, 2.75) is 59.3 Å². The molecular weight excluding hydrogens is 376 g/mol. The minimum Gasteiger partial charge on any atom is -0.333 e. The summed E-state index contributed by atoms with van der Waals surface area (Å²) in [6, 6.07) is 11.7. The Morgan fingerprint density at radius 1 is 1.20 bits per heavy atom. The second-order valence-electron chi connectivity index (χ2n) is 9.70. The predicted octanol–water partition coefficient (Wildman–Crippen LogP) is 4.39. The molecule has 1 aromatic heterocycles. The fourth-order valence-corrected chi connectivity index (χ4v) is 3.55. The van der Waals surface area contributed by atoms with Gasteiger partial charge < -0.3 is 10.2 Å². The van der Waals surface area contributed by atoms with Crippen LogP contribution < -0.4 is 5.32 Å². The van der Waals surface area contributed by atoms with E-state index in [0.29, 0.717) is 18.3 Å². The molecule has 1 aromatic carbocycles. The zero-order valence-electron chi connectivity index (χ0n) is 18.8. The van der Waals surface area contributed by atoms with Crippen molar-refractivity contribution in [2.24, 2.45) is 11.8 Å². The lowest BCUT2D eigenvalue weighted by Crippen LogP contribution is -2.44. The maximum atomic E-state index is 12.9. The molecule has 1 saturated carbocycles. The van der Waals surface area contributed by atoms with Crippen LogP contribution in [0.2, 0.25) is 0 Å². The highest BCUT2D eigenvalue weighted by molar-refractivity contribution is 5.94. The van der Waals surface area contributed by atoms with Gasteiger partial charge in [-0.15, -0.1) is 0 Å². The van der Waals surface area contributed by atoms with Gasteiger partial charge in [-0.1, -0.05) is 59.2 Å². The molecule has 2 aromatic rings. The van der Waals surface area contributed by atoms with E-state index in [-0.39, 0.29) is 29.7 Å². The highest BCUT2D eigenvalue weighted by Gasteiger charge is 2.31. The molecule has 30 heavy (non-hydrogen) atoms. The molecule has 3 rings (SSSR count). The van der Waals surface area contributed by atoms with Crippen LogP contribution in [0.25, 0.3) is 5.69 Å². The molecule has 1 fully saturated rings. The topological polar surface area (TPSA) is 67.2 Å². The third-order valence-electron chi connectivity index (χ3n) is 5.43. The lowest BCUT2D eigenvalue weighted by atomic mass is 9.84. The Labute approximate surface area is 179 Å². The zero-order chi connectivity index (χ0) is 21.9. The first-order valence-electron chi connectivity index (χ1n) is 10.9. The highest BCUT2D eigenvalue weighted by Crippen LogP contribution is 2.29. The van der Waals surface area contributed by atoms with Crippen molar-refractivity contribution < 1.29 is 9.59 Å². The van der Waals surface area contributed by atoms with Crippen molar-refractivity contribution in [3.63, 3.8) is 0 Å². The van der Waals surface area contributed by atoms with E-state index in [4.69, 9.17) is 5.10 Å². The van der Waals surface area contributed by atoms with Crippen LogP contribution in [0.4, 0.5) is 5.82 Å². The van der Waals surface area contributed by atoms with Gasteiger partial charge in [-0.25, -0.2) is 4.68 Å². The average molecular weight is 411 g/mol. The number of benzene rings is 1. The number of nitrogens with zero attached hydrogens (tertiary/aromatic N) is 3. The van der Waals surface area contributed by atoms with E-state index >= 15 is 0 Å². The summed E-state index contributed by atoms with van der Waals surface area (Å²) in [6.07, 6.45) is 2.97. The van der Waals surface area contributed by atoms with Crippen molar-refractivity contribution in [2.75, 3.05) is 18.4 Å². The van der Waals surface area contributed by atoms with Crippen LogP contribution in [0.5, 0.6) is 0 Å². The molecule has 0 unspecified atom stereocenters. The number of hydrogen-bond donors (Lipinski definition) is 1. The molecule has 1 N–H and O–H groups in total. The smallest absolute Gasteiger partial charge is 0.245 e. The van der Waals surface area contributed by atoms with Gasteiger partial charge in [-0.2, -0.15) is 5.10 Å². The molecule has 0 atom stereocenters. The Morgan fingerprint density at radius 2 is 1.87 bits per heavy atom. The van der Waals surface area contributed by atoms with E-state index < -0.39 is 0 Å². The molecule has 0 aliphatic heterocycles. The molecule has 0 spiro atoms. The van der Waals surface area contributed by atoms with Gasteiger partial charge in [0.25, 0.3) is 0 Å². The summed E-state index contributed by atoms with van der Waals surface area (Å²) in [5, 5.41) is 7.74. The van der Waals surface area contributed by atoms with Crippen molar-refractivity contribution in [1.82, 2.24) is 14.7 Å². The number of rotatable bonds is 7. The van der Waals surface area contributed by atoms with E-state index in [1.807, 2.05) is 36.4 Å². The lowest BCUT2D eigenvalue weighted by Gasteiger charge is -2.32. The standard InChI is InChI=1S/C24H34N4O2/c1-17(2)15-27(23(30)18-10-9-11-18)16-22(29)25-21-14-20(24(3,4)5)26-28(21)19-12-7-6-8-13-19/h6-8,12-14,17-18H,9-11,15-16H2,1-5H3,(H,25,29). The van der Waals surface area contributed by atoms with Crippen LogP contribution in [0.1, 0.15) is 59.6 Å². The molecular formula is C24H34N4O2. The molecule has 1 aliphatic carbocycles. The second kappa shape index (κ2) is 9.02. The molecule has 6 heteroatoms. The van der Waals surface area contributed by atoms with Gasteiger partial charge in [-0.3, -0.25) is 9.59 Å². The van der Waals surface area contributed by atoms with Crippen molar-refractivity contribution >= 4 is 17.6 Å². The number of carbonyl (C=O) groups excluding carboxylic acids is 2. The number of aromatic nitrogens is 2. The number of hydrogen-bond acceptors (Lipinski definition) is 3. The number of anilines is 1. The normalized spacial score (nSPS) is 14.5. The number of para-hydroxylation sites is 1. The summed E-state index contributed by atoms with van der Waals surface area (Å²) in [5.74, 6) is 0.928. The summed E-state index contributed by atoms with van der Waals surface area (Å²) < 4.78 is 1.76. The number of carbonyl (C=O) groups is 2. The summed E-state index contributed by atoms with van der Waals surface area (Å²) in [6.45, 7) is 11.1. The Hall–Kier alpha value is -2.63. The molecule has 0 saturated heterocycles. The third kappa shape index (κ3) is 5.29. The Morgan fingerprint density at radius 3 is 2.40 bits per heavy atom. The predicted molar refractivity (Wildman–Crippen MR) is 120 cm³/mol. The van der Waals surface area contributed by atoms with Gasteiger partial charge in [-0.05, 0) is 30.9 Å². The molecule has 162 valence electrons. The lowest BCUT2D eigenvalue weighted by molar-refractivity contribution is -0.141. The van der Waals surface area contributed by atoms with Crippen LogP contribution in [0.3, 0.4) is 0 Å². The van der Waals surface area contributed by atoms with Crippen LogP contribution in [0.15, 0.2) is 36.4 Å². The van der Waals surface area contributed by atoms with E-state index in [9.17, 15) is 9.59 Å². The quantitative estimate of drug-likeness (QED) is 0.736. The van der Waals surface area contributed by atoms with Crippen molar-refractivity contribution in [1.29, 1.82) is 0 Å². The van der Waals surface area contributed by atoms with E-state index in [0.717, 1.165) is 30.6 Å². The first-order chi connectivity index (χ1) is 14.1. The molecule has 0 bridgehead atoms. The molecule has 1 aliphatic rings. The van der Waals surface area contributed by atoms with E-state index in [2.05, 4.69) is 39.9 Å². The molecule has 2 amide bonds. The van der Waals surface area contributed by atoms with Gasteiger partial charge in [0.15, 0.2) is 0 Å². The molecule has 0 radical (unpaired) electrons. The Balaban J connectivity index is 1.80. The first kappa shape index (κ1) is 22.1. The Kier molecular flexibility index (Phi) is 6.64. The van der Waals surface area contributed by atoms with E-state index in [1.54, 1.807) is 9.58 Å². The summed E-state index contributed by atoms with van der Waals surface area (Å²) in [7, 11) is 0. The largest absolute Gasteiger partial charge is 0.333 e. The van der Waals surface area contributed by atoms with Crippen molar-refractivity contribution in [3.05, 3.63) is 42.1 Å². The molecule has 6 nitrogen and oxygen atoms in total. The van der Waals surface area contributed by atoms with Gasteiger partial charge in [0.2, 0.25) is 11.8 Å². The summed E-state index contributed by atoms with van der Waals surface area (Å²) in [5.41, 5.74) is 1.63. The minimum atomic E-state index is -0.194. The van der Waals surface area contributed by atoms with Gasteiger partial charge in [0.1, 0.15) is 5.82 Å². The Bertz CT molecular complexity index is 876. The monoisotopic (exact) mass is 410 g/mol. The van der Waals surface area contributed by atoms with E-state index in [1.165, 1.54) is 0 Å². The maximum Gasteiger partial charge on any atom is 0.245 e. The van der Waals surface area contributed by atoms with Crippen LogP contribution >= 0.6 is 0 Å². The summed E-state index contributed by atoms with van der Waals surface area (Å²) in [4.78, 5) is 27.5. The number of amides is 2. The second-order valence-corrected chi connectivity index (χ2v) is 9.70. The van der Waals surface area contributed by atoms with Crippen molar-refractivity contribution in [3.8, 4) is 5.69 Å². The first-order valence-corrected chi connectivity index (χ1v) is 10.9.